The second-order valence-corrected chi connectivity index (χ2v) is 2.80. The number of hydrogen-bond donors (Lipinski definition) is 5. The van der Waals surface area contributed by atoms with Crippen molar-refractivity contribution in [3.63, 3.8) is 0 Å². The van der Waals surface area contributed by atoms with Crippen molar-refractivity contribution in [1.29, 1.82) is 0 Å². The largest absolute Gasteiger partial charge is 0.475 e. The minimum atomic E-state index is -1.50. The molecule has 0 unspecified atom stereocenters. The minimum Gasteiger partial charge on any atom is -0.475 e. The Morgan fingerprint density at radius 3 is 2.36 bits per heavy atom. The highest BCUT2D eigenvalue weighted by Crippen LogP contribution is 1.93. The molecule has 80 valence electrons. The second-order valence-electron chi connectivity index (χ2n) is 2.80. The van der Waals surface area contributed by atoms with Gasteiger partial charge in [-0.15, -0.1) is 0 Å². The lowest BCUT2D eigenvalue weighted by atomic mass is 10.1. The van der Waals surface area contributed by atoms with Gasteiger partial charge in [-0.25, -0.2) is 4.79 Å². The normalized spacial score (nSPS) is 11.8. The van der Waals surface area contributed by atoms with Gasteiger partial charge in [0, 0.05) is 0 Å². The van der Waals surface area contributed by atoms with E-state index in [1.54, 1.807) is 0 Å². The monoisotopic (exact) mass is 203 g/mol. The molecule has 8 N–H and O–H groups in total. The molecule has 0 fully saturated rings. The van der Waals surface area contributed by atoms with Crippen molar-refractivity contribution in [1.82, 2.24) is 0 Å². The van der Waals surface area contributed by atoms with Crippen LogP contribution in [-0.4, -0.2) is 35.4 Å². The van der Waals surface area contributed by atoms with Crippen molar-refractivity contribution >= 4 is 17.7 Å². The fourth-order valence-electron chi connectivity index (χ4n) is 0.844. The maximum Gasteiger partial charge on any atom is 0.373 e. The third kappa shape index (κ3) is 5.09. The number of guanidine groups is 1. The Hall–Kier alpha value is -1.63. The van der Waals surface area contributed by atoms with Gasteiger partial charge < -0.3 is 10.8 Å². The smallest absolute Gasteiger partial charge is 0.373 e. The van der Waals surface area contributed by atoms with Crippen LogP contribution >= 0.6 is 0 Å². The van der Waals surface area contributed by atoms with Crippen LogP contribution in [0, 0.1) is 0 Å². The predicted molar refractivity (Wildman–Crippen MR) is 49.1 cm³/mol. The van der Waals surface area contributed by atoms with E-state index in [0.717, 1.165) is 0 Å². The Labute approximate surface area is 81.0 Å². The number of aliphatic carboxylic acids is 1. The quantitative estimate of drug-likeness (QED) is 0.129. The van der Waals surface area contributed by atoms with Crippen LogP contribution in [0.5, 0.6) is 0 Å². The summed E-state index contributed by atoms with van der Waals surface area (Å²) in [7, 11) is 0. The molecule has 7 heteroatoms. The molecule has 0 radical (unpaired) electrons. The van der Waals surface area contributed by atoms with Gasteiger partial charge in [0.2, 0.25) is 0 Å². The first kappa shape index (κ1) is 12.4. The zero-order chi connectivity index (χ0) is 11.1. The summed E-state index contributed by atoms with van der Waals surface area (Å²) < 4.78 is 0. The van der Waals surface area contributed by atoms with Gasteiger partial charge in [-0.1, -0.05) is 0 Å². The molecule has 0 spiro atoms. The molecule has 0 heterocycles. The van der Waals surface area contributed by atoms with E-state index in [4.69, 9.17) is 22.3 Å². The number of ketones is 1. The highest BCUT2D eigenvalue weighted by molar-refractivity contribution is 6.34. The lowest BCUT2D eigenvalue weighted by Crippen LogP contribution is -2.78. The summed E-state index contributed by atoms with van der Waals surface area (Å²) in [5, 5.41) is 8.31. The van der Waals surface area contributed by atoms with Crippen LogP contribution in [0.3, 0.4) is 0 Å². The van der Waals surface area contributed by atoms with Gasteiger partial charge in [-0.3, -0.25) is 21.3 Å². The van der Waals surface area contributed by atoms with Crippen molar-refractivity contribution in [2.45, 2.75) is 18.9 Å². The zero-order valence-electron chi connectivity index (χ0n) is 7.69. The van der Waals surface area contributed by atoms with Crippen LogP contribution < -0.4 is 22.2 Å². The first-order valence-electron chi connectivity index (χ1n) is 4.09. The third-order valence-corrected chi connectivity index (χ3v) is 1.57. The fourth-order valence-corrected chi connectivity index (χ4v) is 0.844. The Morgan fingerprint density at radius 1 is 1.36 bits per heavy atom. The Kier molecular flexibility index (Phi) is 5.23. The van der Waals surface area contributed by atoms with Gasteiger partial charge >= 0.3 is 11.9 Å². The molecule has 0 aromatic carbocycles. The van der Waals surface area contributed by atoms with Crippen LogP contribution in [0.4, 0.5) is 0 Å². The molecular weight excluding hydrogens is 188 g/mol. The summed E-state index contributed by atoms with van der Waals surface area (Å²) in [6, 6.07) is -0.965. The molecule has 0 aliphatic rings. The predicted octanol–water partition coefficient (Wildman–Crippen LogP) is -3.90. The SMILES string of the molecule is NC(N)=[NH+]CCC[C@H](N)C(=O)C(=O)O. The average Bonchev–Trinajstić information content (AvgIpc) is 2.10. The number of hydrogen-bond acceptors (Lipinski definition) is 3. The van der Waals surface area contributed by atoms with Gasteiger partial charge in [0.25, 0.3) is 5.78 Å². The van der Waals surface area contributed by atoms with Crippen molar-refractivity contribution in [2.24, 2.45) is 17.2 Å². The van der Waals surface area contributed by atoms with E-state index in [2.05, 4.69) is 4.99 Å². The standard InChI is InChI=1S/C7H14N4O3/c8-4(5(12)6(13)14)2-1-3-11-7(9)10/h4H,1-3,8H2,(H,13,14)(H4,9,10,11)/p+1/t4-/m0/s1. The topological polar surface area (TPSA) is 146 Å². The molecule has 0 aromatic rings. The molecule has 14 heavy (non-hydrogen) atoms. The first-order chi connectivity index (χ1) is 6.45. The van der Waals surface area contributed by atoms with Crippen LogP contribution in [-0.2, 0) is 9.59 Å². The van der Waals surface area contributed by atoms with E-state index in [9.17, 15) is 9.59 Å². The van der Waals surface area contributed by atoms with Crippen LogP contribution in [0.25, 0.3) is 0 Å². The first-order valence-corrected chi connectivity index (χ1v) is 4.09. The number of carboxylic acid groups (broad SMARTS) is 1. The van der Waals surface area contributed by atoms with Crippen LogP contribution in [0.2, 0.25) is 0 Å². The number of carboxylic acids is 1. The van der Waals surface area contributed by atoms with E-state index in [1.807, 2.05) is 0 Å². The molecule has 7 nitrogen and oxygen atoms in total. The molecule has 0 rings (SSSR count). The summed E-state index contributed by atoms with van der Waals surface area (Å²) in [5.74, 6) is -2.40. The van der Waals surface area contributed by atoms with Crippen LogP contribution in [0.1, 0.15) is 12.8 Å². The Bertz CT molecular complexity index is 247. The molecule has 1 atom stereocenters. The summed E-state index contributed by atoms with van der Waals surface area (Å²) in [5.41, 5.74) is 15.5. The van der Waals surface area contributed by atoms with Gasteiger partial charge in [-0.05, 0) is 12.8 Å². The van der Waals surface area contributed by atoms with Crippen molar-refractivity contribution in [3.05, 3.63) is 0 Å². The Morgan fingerprint density at radius 2 is 1.93 bits per heavy atom. The molecule has 0 aliphatic carbocycles. The maximum absolute atomic E-state index is 10.8. The molecule has 0 saturated carbocycles. The fraction of sp³-hybridized carbons (Fsp3) is 0.571. The van der Waals surface area contributed by atoms with E-state index < -0.39 is 17.8 Å². The van der Waals surface area contributed by atoms with Crippen molar-refractivity contribution in [3.8, 4) is 0 Å². The molecular formula is C7H15N4O3+. The highest BCUT2D eigenvalue weighted by Gasteiger charge is 2.19. The maximum atomic E-state index is 10.8. The van der Waals surface area contributed by atoms with Crippen molar-refractivity contribution < 1.29 is 19.7 Å². The number of rotatable bonds is 6. The van der Waals surface area contributed by atoms with Crippen LogP contribution in [0.15, 0.2) is 0 Å². The van der Waals surface area contributed by atoms with Gasteiger partial charge in [0.15, 0.2) is 0 Å². The van der Waals surface area contributed by atoms with E-state index in [0.29, 0.717) is 13.0 Å². The molecule has 0 amide bonds. The van der Waals surface area contributed by atoms with E-state index in [-0.39, 0.29) is 12.4 Å². The Balaban J connectivity index is 3.75. The summed E-state index contributed by atoms with van der Waals surface area (Å²) in [4.78, 5) is 23.6. The van der Waals surface area contributed by atoms with Gasteiger partial charge in [-0.2, -0.15) is 0 Å². The molecule has 0 aromatic heterocycles. The average molecular weight is 203 g/mol. The third-order valence-electron chi connectivity index (χ3n) is 1.57. The number of carbonyl (C=O) groups excluding carboxylic acids is 1. The summed E-state index contributed by atoms with van der Waals surface area (Å²) >= 11 is 0. The van der Waals surface area contributed by atoms with Crippen molar-refractivity contribution in [2.75, 3.05) is 6.54 Å². The highest BCUT2D eigenvalue weighted by atomic mass is 16.4. The summed E-state index contributed by atoms with van der Waals surface area (Å²) in [6.45, 7) is 0.461. The van der Waals surface area contributed by atoms with Gasteiger partial charge in [0.05, 0.1) is 12.6 Å². The lowest BCUT2D eigenvalue weighted by molar-refractivity contribution is -0.459. The van der Waals surface area contributed by atoms with E-state index in [1.165, 1.54) is 0 Å². The molecule has 0 saturated heterocycles. The van der Waals surface area contributed by atoms with Gasteiger partial charge in [0.1, 0.15) is 0 Å². The minimum absolute atomic E-state index is 0.0862. The molecule has 0 aliphatic heterocycles. The molecule has 0 bridgehead atoms. The number of nitrogens with one attached hydrogen (secondary N) is 1. The lowest BCUT2D eigenvalue weighted by Gasteiger charge is -2.04. The number of nitrogens with two attached hydrogens (primary N) is 3. The zero-order valence-corrected chi connectivity index (χ0v) is 7.69. The summed E-state index contributed by atoms with van der Waals surface area (Å²) in [6.07, 6.45) is 0.809. The van der Waals surface area contributed by atoms with E-state index >= 15 is 0 Å². The second kappa shape index (κ2) is 5.92. The number of Topliss-reactive ketones (excluding diaryl/α,β-unsaturated/α-hetero) is 1. The number of carbonyl (C=O) groups is 2.